The molecule has 5 aromatic rings. The van der Waals surface area contributed by atoms with Crippen LogP contribution < -0.4 is 10.9 Å². The van der Waals surface area contributed by atoms with E-state index in [2.05, 4.69) is 44.9 Å². The standard InChI is InChI=1S/C27H24N6O2/c34-24(28-17-16-23(20-10-4-1-5-11-20)21-12-6-2-7-13-21)18-32-19-29-26-25(27(32)35)30-31-33(26)22-14-8-3-9-15-22/h1-15,19,23H,16-18H2,(H,28,34). The molecule has 174 valence electrons. The first-order valence-electron chi connectivity index (χ1n) is 11.4. The van der Waals surface area contributed by atoms with Crippen LogP contribution in [0.15, 0.2) is 102 Å². The Morgan fingerprint density at radius 3 is 2.09 bits per heavy atom. The zero-order valence-corrected chi connectivity index (χ0v) is 19.0. The van der Waals surface area contributed by atoms with Crippen LogP contribution >= 0.6 is 0 Å². The highest BCUT2D eigenvalue weighted by Crippen LogP contribution is 2.27. The van der Waals surface area contributed by atoms with Crippen LogP contribution in [0.2, 0.25) is 0 Å². The Morgan fingerprint density at radius 1 is 0.857 bits per heavy atom. The van der Waals surface area contributed by atoms with Crippen molar-refractivity contribution in [3.8, 4) is 5.69 Å². The smallest absolute Gasteiger partial charge is 0.284 e. The summed E-state index contributed by atoms with van der Waals surface area (Å²) in [6.07, 6.45) is 2.10. The van der Waals surface area contributed by atoms with E-state index in [1.165, 1.54) is 26.7 Å². The van der Waals surface area contributed by atoms with Crippen LogP contribution in [0.3, 0.4) is 0 Å². The number of nitrogens with one attached hydrogen (secondary N) is 1. The van der Waals surface area contributed by atoms with Crippen LogP contribution in [0.4, 0.5) is 0 Å². The first-order valence-corrected chi connectivity index (χ1v) is 11.4. The van der Waals surface area contributed by atoms with Crippen LogP contribution in [0.1, 0.15) is 23.5 Å². The van der Waals surface area contributed by atoms with E-state index in [1.54, 1.807) is 0 Å². The third kappa shape index (κ3) is 4.86. The topological polar surface area (TPSA) is 94.7 Å². The van der Waals surface area contributed by atoms with Crippen molar-refractivity contribution in [2.45, 2.75) is 18.9 Å². The number of amides is 1. The molecule has 0 unspecified atom stereocenters. The van der Waals surface area contributed by atoms with Crippen molar-refractivity contribution in [2.24, 2.45) is 0 Å². The lowest BCUT2D eigenvalue weighted by molar-refractivity contribution is -0.121. The predicted molar refractivity (Wildman–Crippen MR) is 133 cm³/mol. The molecular weight excluding hydrogens is 440 g/mol. The van der Waals surface area contributed by atoms with Crippen molar-refractivity contribution in [1.29, 1.82) is 0 Å². The highest BCUT2D eigenvalue weighted by molar-refractivity contribution is 5.76. The molecule has 2 heterocycles. The average molecular weight is 465 g/mol. The van der Waals surface area contributed by atoms with Gasteiger partial charge in [0, 0.05) is 12.5 Å². The molecule has 8 nitrogen and oxygen atoms in total. The van der Waals surface area contributed by atoms with Crippen LogP contribution in [-0.2, 0) is 11.3 Å². The van der Waals surface area contributed by atoms with Crippen LogP contribution in [0, 0.1) is 0 Å². The Bertz CT molecular complexity index is 1440. The molecule has 0 spiro atoms. The lowest BCUT2D eigenvalue weighted by atomic mass is 9.88. The molecular formula is C27H24N6O2. The number of hydrogen-bond donors (Lipinski definition) is 1. The van der Waals surface area contributed by atoms with Gasteiger partial charge in [-0.05, 0) is 29.7 Å². The van der Waals surface area contributed by atoms with Gasteiger partial charge >= 0.3 is 0 Å². The van der Waals surface area contributed by atoms with Gasteiger partial charge in [-0.25, -0.2) is 4.98 Å². The molecule has 0 aliphatic heterocycles. The van der Waals surface area contributed by atoms with Gasteiger partial charge in [0.25, 0.3) is 5.56 Å². The highest BCUT2D eigenvalue weighted by atomic mass is 16.2. The highest BCUT2D eigenvalue weighted by Gasteiger charge is 2.16. The van der Waals surface area contributed by atoms with Gasteiger partial charge in [-0.1, -0.05) is 84.1 Å². The molecule has 0 atom stereocenters. The van der Waals surface area contributed by atoms with Gasteiger partial charge in [0.1, 0.15) is 12.9 Å². The van der Waals surface area contributed by atoms with Gasteiger partial charge in [-0.3, -0.25) is 14.2 Å². The van der Waals surface area contributed by atoms with Gasteiger partial charge in [0.05, 0.1) is 5.69 Å². The van der Waals surface area contributed by atoms with Gasteiger partial charge in [-0.2, -0.15) is 4.68 Å². The van der Waals surface area contributed by atoms with Crippen molar-refractivity contribution < 1.29 is 4.79 Å². The number of carbonyl (C=O) groups excluding carboxylic acids is 1. The van der Waals surface area contributed by atoms with Crippen molar-refractivity contribution in [3.63, 3.8) is 0 Å². The number of carbonyl (C=O) groups is 1. The molecule has 5 rings (SSSR count). The van der Waals surface area contributed by atoms with E-state index in [4.69, 9.17) is 0 Å². The summed E-state index contributed by atoms with van der Waals surface area (Å²) in [5, 5.41) is 11.0. The lowest BCUT2D eigenvalue weighted by Gasteiger charge is -2.18. The van der Waals surface area contributed by atoms with Gasteiger partial charge in [-0.15, -0.1) is 5.10 Å². The third-order valence-corrected chi connectivity index (χ3v) is 5.90. The molecule has 1 amide bonds. The number of benzene rings is 3. The second-order valence-corrected chi connectivity index (χ2v) is 8.20. The Kier molecular flexibility index (Phi) is 6.43. The zero-order chi connectivity index (χ0) is 24.0. The molecule has 1 N–H and O–H groups in total. The van der Waals surface area contributed by atoms with Crippen molar-refractivity contribution in [3.05, 3.63) is 119 Å². The molecule has 0 bridgehead atoms. The summed E-state index contributed by atoms with van der Waals surface area (Å²) in [4.78, 5) is 29.9. The van der Waals surface area contributed by atoms with Crippen LogP contribution in [0.5, 0.6) is 0 Å². The molecule has 0 fully saturated rings. The van der Waals surface area contributed by atoms with E-state index in [-0.39, 0.29) is 23.9 Å². The van der Waals surface area contributed by atoms with E-state index in [1.807, 2.05) is 66.7 Å². The van der Waals surface area contributed by atoms with Gasteiger partial charge in [0.15, 0.2) is 11.2 Å². The van der Waals surface area contributed by atoms with E-state index in [0.29, 0.717) is 12.2 Å². The Hall–Kier alpha value is -4.59. The van der Waals surface area contributed by atoms with Gasteiger partial charge < -0.3 is 5.32 Å². The fourth-order valence-corrected chi connectivity index (χ4v) is 4.16. The maximum absolute atomic E-state index is 12.9. The van der Waals surface area contributed by atoms with E-state index < -0.39 is 5.56 Å². The summed E-state index contributed by atoms with van der Waals surface area (Å²) >= 11 is 0. The Labute approximate surface area is 201 Å². The van der Waals surface area contributed by atoms with Crippen molar-refractivity contribution >= 4 is 17.1 Å². The minimum Gasteiger partial charge on any atom is -0.355 e. The molecule has 35 heavy (non-hydrogen) atoms. The summed E-state index contributed by atoms with van der Waals surface area (Å²) in [7, 11) is 0. The molecule has 0 saturated carbocycles. The van der Waals surface area contributed by atoms with Gasteiger partial charge in [0.2, 0.25) is 5.91 Å². The number of nitrogens with zero attached hydrogens (tertiary/aromatic N) is 5. The van der Waals surface area contributed by atoms with Crippen LogP contribution in [-0.4, -0.2) is 37.0 Å². The first-order chi connectivity index (χ1) is 17.2. The number of para-hydroxylation sites is 1. The first kappa shape index (κ1) is 22.2. The third-order valence-electron chi connectivity index (χ3n) is 5.90. The average Bonchev–Trinajstić information content (AvgIpc) is 3.35. The summed E-state index contributed by atoms with van der Waals surface area (Å²) < 4.78 is 2.77. The maximum atomic E-state index is 12.9. The fraction of sp³-hybridized carbons (Fsp3) is 0.148. The second kappa shape index (κ2) is 10.1. The number of hydrogen-bond acceptors (Lipinski definition) is 5. The molecule has 3 aromatic carbocycles. The molecule has 0 aliphatic carbocycles. The maximum Gasteiger partial charge on any atom is 0.284 e. The monoisotopic (exact) mass is 464 g/mol. The number of fused-ring (bicyclic) bond motifs is 1. The second-order valence-electron chi connectivity index (χ2n) is 8.20. The summed E-state index contributed by atoms with van der Waals surface area (Å²) in [5.41, 5.74) is 3.21. The quantitative estimate of drug-likeness (QED) is 0.380. The van der Waals surface area contributed by atoms with Crippen LogP contribution in [0.25, 0.3) is 16.9 Å². The lowest BCUT2D eigenvalue weighted by Crippen LogP contribution is -2.33. The molecule has 8 heteroatoms. The summed E-state index contributed by atoms with van der Waals surface area (Å²) in [5.74, 6) is -0.102. The largest absolute Gasteiger partial charge is 0.355 e. The summed E-state index contributed by atoms with van der Waals surface area (Å²) in [6, 6.07) is 29.8. The predicted octanol–water partition coefficient (Wildman–Crippen LogP) is 3.32. The Balaban J connectivity index is 1.27. The van der Waals surface area contributed by atoms with E-state index in [9.17, 15) is 9.59 Å². The number of aromatic nitrogens is 5. The zero-order valence-electron chi connectivity index (χ0n) is 19.0. The fourth-order valence-electron chi connectivity index (χ4n) is 4.16. The minimum atomic E-state index is -0.404. The SMILES string of the molecule is O=C(Cn1cnc2c(nnn2-c2ccccc2)c1=O)NCCC(c1ccccc1)c1ccccc1. The Morgan fingerprint density at radius 2 is 1.46 bits per heavy atom. The molecule has 0 saturated heterocycles. The van der Waals surface area contributed by atoms with Crippen molar-refractivity contribution in [1.82, 2.24) is 29.9 Å². The minimum absolute atomic E-state index is 0.123. The summed E-state index contributed by atoms with van der Waals surface area (Å²) in [6.45, 7) is 0.337. The molecule has 0 radical (unpaired) electrons. The number of rotatable bonds is 8. The van der Waals surface area contributed by atoms with E-state index >= 15 is 0 Å². The normalized spacial score (nSPS) is 11.1. The molecule has 0 aliphatic rings. The van der Waals surface area contributed by atoms with Crippen molar-refractivity contribution in [2.75, 3.05) is 6.54 Å². The van der Waals surface area contributed by atoms with E-state index in [0.717, 1.165) is 12.1 Å². The molecule has 2 aromatic heterocycles.